The predicted molar refractivity (Wildman–Crippen MR) is 113 cm³/mol. The minimum atomic E-state index is 0.536. The average Bonchev–Trinajstić information content (AvgIpc) is 2.96. The van der Waals surface area contributed by atoms with Crippen LogP contribution < -0.4 is 5.73 Å². The normalized spacial score (nSPS) is 21.0. The van der Waals surface area contributed by atoms with Gasteiger partial charge in [-0.3, -0.25) is 4.90 Å². The molecule has 6 heteroatoms. The Morgan fingerprint density at radius 1 is 1.11 bits per heavy atom. The Morgan fingerprint density at radius 3 is 2.56 bits per heavy atom. The fraction of sp³-hybridized carbons (Fsp3) is 0.381. The number of hydrogen-bond donors (Lipinski definition) is 1. The Hall–Kier alpha value is -1.75. The van der Waals surface area contributed by atoms with Crippen molar-refractivity contribution in [2.75, 3.05) is 5.73 Å². The number of nitrogens with two attached hydrogens (primary N) is 1. The van der Waals surface area contributed by atoms with Gasteiger partial charge in [0.25, 0.3) is 0 Å². The van der Waals surface area contributed by atoms with Crippen molar-refractivity contribution in [2.24, 2.45) is 0 Å². The van der Waals surface area contributed by atoms with E-state index in [0.29, 0.717) is 22.1 Å². The summed E-state index contributed by atoms with van der Waals surface area (Å²) in [6.07, 6.45) is 5.68. The average molecular weight is 403 g/mol. The second-order valence-corrected chi connectivity index (χ2v) is 8.37. The van der Waals surface area contributed by atoms with Crippen LogP contribution in [0.4, 0.5) is 5.69 Å². The minimum Gasteiger partial charge on any atom is -0.398 e. The molecule has 1 aliphatic rings. The highest BCUT2D eigenvalue weighted by Crippen LogP contribution is 2.35. The molecule has 0 bridgehead atoms. The molecule has 3 heterocycles. The molecular formula is C21H24Cl2N4. The molecule has 0 aliphatic carbocycles. The molecule has 0 amide bonds. The number of piperidine rings is 1. The van der Waals surface area contributed by atoms with Gasteiger partial charge >= 0.3 is 0 Å². The number of halogens is 2. The second-order valence-electron chi connectivity index (χ2n) is 7.52. The van der Waals surface area contributed by atoms with E-state index >= 15 is 0 Å². The van der Waals surface area contributed by atoms with E-state index in [-0.39, 0.29) is 0 Å². The number of rotatable bonds is 3. The summed E-state index contributed by atoms with van der Waals surface area (Å²) in [6.45, 7) is 5.42. The van der Waals surface area contributed by atoms with Crippen LogP contribution in [-0.4, -0.2) is 26.4 Å². The van der Waals surface area contributed by atoms with Crippen LogP contribution in [0.2, 0.25) is 10.0 Å². The molecule has 2 unspecified atom stereocenters. The first-order chi connectivity index (χ1) is 12.9. The van der Waals surface area contributed by atoms with Gasteiger partial charge < -0.3 is 10.1 Å². The number of aromatic nitrogens is 2. The first kappa shape index (κ1) is 18.6. The number of anilines is 1. The number of pyridine rings is 1. The van der Waals surface area contributed by atoms with Crippen molar-refractivity contribution in [1.29, 1.82) is 0 Å². The Labute approximate surface area is 169 Å². The monoisotopic (exact) mass is 402 g/mol. The SMILES string of the molecule is CC1CCCC(C)N1Cc1c(-c2ccc(Cl)cc2Cl)nc2ccc(N)cn12. The van der Waals surface area contributed by atoms with Gasteiger partial charge in [-0.2, -0.15) is 0 Å². The number of nitrogens with zero attached hydrogens (tertiary/aromatic N) is 3. The minimum absolute atomic E-state index is 0.536. The third-order valence-corrected chi connectivity index (χ3v) is 6.18. The first-order valence-electron chi connectivity index (χ1n) is 9.41. The van der Waals surface area contributed by atoms with Crippen molar-refractivity contribution in [3.8, 4) is 11.3 Å². The van der Waals surface area contributed by atoms with E-state index in [1.165, 1.54) is 19.3 Å². The molecule has 1 fully saturated rings. The third kappa shape index (κ3) is 3.54. The van der Waals surface area contributed by atoms with Gasteiger partial charge in [0.1, 0.15) is 5.65 Å². The van der Waals surface area contributed by atoms with E-state index < -0.39 is 0 Å². The molecule has 1 aromatic carbocycles. The number of hydrogen-bond acceptors (Lipinski definition) is 3. The van der Waals surface area contributed by atoms with Crippen LogP contribution >= 0.6 is 23.2 Å². The van der Waals surface area contributed by atoms with E-state index in [1.54, 1.807) is 6.07 Å². The molecule has 1 aliphatic heterocycles. The van der Waals surface area contributed by atoms with Crippen LogP contribution in [0.25, 0.3) is 16.9 Å². The Morgan fingerprint density at radius 2 is 1.85 bits per heavy atom. The maximum Gasteiger partial charge on any atom is 0.137 e. The zero-order chi connectivity index (χ0) is 19.1. The van der Waals surface area contributed by atoms with Gasteiger partial charge in [0.05, 0.1) is 16.4 Å². The van der Waals surface area contributed by atoms with Gasteiger partial charge in [-0.1, -0.05) is 29.6 Å². The molecule has 142 valence electrons. The van der Waals surface area contributed by atoms with Crippen LogP contribution in [0.1, 0.15) is 38.8 Å². The van der Waals surface area contributed by atoms with Crippen LogP contribution in [0.15, 0.2) is 36.5 Å². The highest BCUT2D eigenvalue weighted by atomic mass is 35.5. The lowest BCUT2D eigenvalue weighted by Gasteiger charge is -2.39. The smallest absolute Gasteiger partial charge is 0.137 e. The van der Waals surface area contributed by atoms with Gasteiger partial charge in [0.2, 0.25) is 0 Å². The van der Waals surface area contributed by atoms with Crippen molar-refractivity contribution in [2.45, 2.75) is 51.7 Å². The largest absolute Gasteiger partial charge is 0.398 e. The lowest BCUT2D eigenvalue weighted by atomic mass is 9.97. The zero-order valence-electron chi connectivity index (χ0n) is 15.6. The van der Waals surface area contributed by atoms with Gasteiger partial charge in [0.15, 0.2) is 0 Å². The molecule has 0 spiro atoms. The third-order valence-electron chi connectivity index (χ3n) is 5.64. The maximum absolute atomic E-state index is 6.52. The summed E-state index contributed by atoms with van der Waals surface area (Å²) in [6, 6.07) is 10.5. The fourth-order valence-corrected chi connectivity index (χ4v) is 4.62. The second kappa shape index (κ2) is 7.34. The van der Waals surface area contributed by atoms with Crippen molar-refractivity contribution >= 4 is 34.5 Å². The van der Waals surface area contributed by atoms with Crippen molar-refractivity contribution in [1.82, 2.24) is 14.3 Å². The highest BCUT2D eigenvalue weighted by molar-refractivity contribution is 6.36. The van der Waals surface area contributed by atoms with Gasteiger partial charge in [0, 0.05) is 41.1 Å². The zero-order valence-corrected chi connectivity index (χ0v) is 17.1. The molecule has 1 saturated heterocycles. The highest BCUT2D eigenvalue weighted by Gasteiger charge is 2.27. The molecule has 2 aromatic heterocycles. The summed E-state index contributed by atoms with van der Waals surface area (Å²) in [5.41, 5.74) is 10.6. The van der Waals surface area contributed by atoms with Crippen molar-refractivity contribution < 1.29 is 0 Å². The summed E-state index contributed by atoms with van der Waals surface area (Å²) >= 11 is 12.6. The summed E-state index contributed by atoms with van der Waals surface area (Å²) in [4.78, 5) is 7.44. The molecule has 4 nitrogen and oxygen atoms in total. The summed E-state index contributed by atoms with van der Waals surface area (Å²) in [5, 5.41) is 1.23. The molecule has 0 saturated carbocycles. The quantitative estimate of drug-likeness (QED) is 0.615. The van der Waals surface area contributed by atoms with E-state index in [4.69, 9.17) is 33.9 Å². The van der Waals surface area contributed by atoms with Crippen molar-refractivity contribution in [3.63, 3.8) is 0 Å². The molecule has 27 heavy (non-hydrogen) atoms. The fourth-order valence-electron chi connectivity index (χ4n) is 4.12. The van der Waals surface area contributed by atoms with Crippen molar-refractivity contribution in [3.05, 3.63) is 52.3 Å². The molecule has 0 radical (unpaired) electrons. The van der Waals surface area contributed by atoms with Crippen LogP contribution in [-0.2, 0) is 6.54 Å². The standard InChI is InChI=1S/C21H24Cl2N4/c1-13-4-3-5-14(2)26(13)12-19-21(17-8-6-15(22)10-18(17)23)25-20-9-7-16(24)11-27(19)20/h6-11,13-14H,3-5,12,24H2,1-2H3. The van der Waals surface area contributed by atoms with Crippen LogP contribution in [0.5, 0.6) is 0 Å². The molecule has 4 rings (SSSR count). The van der Waals surface area contributed by atoms with E-state index in [2.05, 4.69) is 23.1 Å². The van der Waals surface area contributed by atoms with E-state index in [1.807, 2.05) is 30.5 Å². The van der Waals surface area contributed by atoms with E-state index in [9.17, 15) is 0 Å². The van der Waals surface area contributed by atoms with Crippen LogP contribution in [0, 0.1) is 0 Å². The number of fused-ring (bicyclic) bond motifs is 1. The number of imidazole rings is 1. The molecule has 2 atom stereocenters. The maximum atomic E-state index is 6.52. The first-order valence-corrected chi connectivity index (χ1v) is 10.2. The Balaban J connectivity index is 1.87. The summed E-state index contributed by atoms with van der Waals surface area (Å²) in [5.74, 6) is 0. The number of likely N-dealkylation sites (tertiary alicyclic amines) is 1. The molecular weight excluding hydrogens is 379 g/mol. The Bertz CT molecular complexity index is 972. The summed E-state index contributed by atoms with van der Waals surface area (Å²) in [7, 11) is 0. The lowest BCUT2D eigenvalue weighted by molar-refractivity contribution is 0.0937. The predicted octanol–water partition coefficient (Wildman–Crippen LogP) is 5.65. The topological polar surface area (TPSA) is 46.6 Å². The number of benzene rings is 1. The van der Waals surface area contributed by atoms with Gasteiger partial charge in [-0.15, -0.1) is 0 Å². The van der Waals surface area contributed by atoms with Gasteiger partial charge in [-0.05, 0) is 57.0 Å². The lowest BCUT2D eigenvalue weighted by Crippen LogP contribution is -2.43. The Kier molecular flexibility index (Phi) is 5.06. The van der Waals surface area contributed by atoms with Gasteiger partial charge in [-0.25, -0.2) is 4.98 Å². The summed E-state index contributed by atoms with van der Waals surface area (Å²) < 4.78 is 2.10. The molecule has 3 aromatic rings. The number of nitrogen functional groups attached to an aromatic ring is 1. The van der Waals surface area contributed by atoms with E-state index in [0.717, 1.165) is 34.8 Å². The van der Waals surface area contributed by atoms with Crippen LogP contribution in [0.3, 0.4) is 0 Å². The molecule has 2 N–H and O–H groups in total.